The first-order valence-corrected chi connectivity index (χ1v) is 8.54. The van der Waals surface area contributed by atoms with Crippen LogP contribution < -0.4 is 39.4 Å². The summed E-state index contributed by atoms with van der Waals surface area (Å²) >= 11 is 0. The fourth-order valence-corrected chi connectivity index (χ4v) is 3.11. The van der Waals surface area contributed by atoms with Crippen LogP contribution in [0.5, 0.6) is 0 Å². The molecule has 0 aromatic carbocycles. The molecule has 0 spiro atoms. The van der Waals surface area contributed by atoms with E-state index >= 15 is 0 Å². The summed E-state index contributed by atoms with van der Waals surface area (Å²) in [6, 6.07) is 0.382. The largest absolute Gasteiger partial charge is 1.00 e. The molecule has 1 unspecified atom stereocenters. The molecule has 0 aromatic heterocycles. The molecule has 0 bridgehead atoms. The van der Waals surface area contributed by atoms with Crippen molar-refractivity contribution in [1.82, 2.24) is 4.72 Å². The molecule has 120 valence electrons. The number of carboxylic acid groups (broad SMARTS) is 1. The van der Waals surface area contributed by atoms with Crippen LogP contribution >= 0.6 is 0 Å². The van der Waals surface area contributed by atoms with E-state index in [1.165, 1.54) is 25.7 Å². The third kappa shape index (κ3) is 11.8. The molecule has 1 aliphatic carbocycles. The number of carbonyl (C=O) groups excluding carboxylic acids is 1. The molecule has 0 radical (unpaired) electrons. The van der Waals surface area contributed by atoms with Gasteiger partial charge in [-0.15, -0.1) is 0 Å². The van der Waals surface area contributed by atoms with Crippen molar-refractivity contribution in [3.8, 4) is 0 Å². The normalized spacial score (nSPS) is 24.9. The summed E-state index contributed by atoms with van der Waals surface area (Å²) in [5, 5.41) is 8.89. The summed E-state index contributed by atoms with van der Waals surface area (Å²) in [6.45, 7) is 11.6. The van der Waals surface area contributed by atoms with Gasteiger partial charge in [-0.25, -0.2) is 8.93 Å². The van der Waals surface area contributed by atoms with Crippen molar-refractivity contribution in [2.75, 3.05) is 0 Å². The van der Waals surface area contributed by atoms with Gasteiger partial charge in [-0.2, -0.15) is 0 Å². The minimum atomic E-state index is -1.08. The van der Waals surface area contributed by atoms with Gasteiger partial charge in [0, 0.05) is 12.0 Å². The van der Waals surface area contributed by atoms with E-state index in [9.17, 15) is 4.21 Å². The summed E-state index contributed by atoms with van der Waals surface area (Å²) in [7, 11) is -0.928. The second-order valence-electron chi connectivity index (χ2n) is 6.80. The number of aliphatic carboxylic acids is 1. The smallest absolute Gasteiger partial charge is 0.550 e. The molecule has 1 fully saturated rings. The van der Waals surface area contributed by atoms with Crippen molar-refractivity contribution in [3.05, 3.63) is 0 Å². The monoisotopic (exact) mass is 327 g/mol. The average molecular weight is 327 g/mol. The maximum Gasteiger partial charge on any atom is 1.00 e. The quantitative estimate of drug-likeness (QED) is 0.677. The Morgan fingerprint density at radius 1 is 1.24 bits per heavy atom. The van der Waals surface area contributed by atoms with Crippen LogP contribution in [0.2, 0.25) is 0 Å². The first-order chi connectivity index (χ1) is 9.04. The van der Waals surface area contributed by atoms with Gasteiger partial charge in [0.05, 0.1) is 15.7 Å². The van der Waals surface area contributed by atoms with Gasteiger partial charge in [-0.1, -0.05) is 19.8 Å². The summed E-state index contributed by atoms with van der Waals surface area (Å²) in [6.07, 6.45) is 5.24. The maximum absolute atomic E-state index is 12.0. The van der Waals surface area contributed by atoms with Crippen LogP contribution in [0.4, 0.5) is 0 Å². The Morgan fingerprint density at radius 2 is 1.62 bits per heavy atom. The molecule has 1 rings (SSSR count). The summed E-state index contributed by atoms with van der Waals surface area (Å²) in [5.41, 5.74) is 0. The van der Waals surface area contributed by atoms with Gasteiger partial charge in [-0.05, 0) is 59.3 Å². The van der Waals surface area contributed by atoms with Gasteiger partial charge in [0.1, 0.15) is 0 Å². The van der Waals surface area contributed by atoms with Crippen molar-refractivity contribution in [2.45, 2.75) is 78.0 Å². The van der Waals surface area contributed by atoms with Crippen LogP contribution in [0, 0.1) is 11.8 Å². The number of hydrogen-bond acceptors (Lipinski definition) is 3. The summed E-state index contributed by atoms with van der Waals surface area (Å²) < 4.78 is 15.1. The standard InChI is InChI=1S/C13H27NOS.C2H4O2.Na/c1-10-6-8-12(9-7-10)11(2)14-16(15)13(3,4)5;1-2(3)4;/h10-12,14H,6-9H2,1-5H3;1H3,(H,3,4);/q;;+1/p-1/t10?,11-,12?,16?;;/m0../s1. The molecule has 0 amide bonds. The van der Waals surface area contributed by atoms with Crippen molar-refractivity contribution in [1.29, 1.82) is 0 Å². The predicted molar refractivity (Wildman–Crippen MR) is 82.3 cm³/mol. The van der Waals surface area contributed by atoms with E-state index in [0.717, 1.165) is 12.8 Å². The van der Waals surface area contributed by atoms with Crippen LogP contribution in [-0.4, -0.2) is 21.0 Å². The number of hydrogen-bond donors (Lipinski definition) is 1. The van der Waals surface area contributed by atoms with Crippen LogP contribution in [0.3, 0.4) is 0 Å². The van der Waals surface area contributed by atoms with Gasteiger partial charge < -0.3 is 9.90 Å². The van der Waals surface area contributed by atoms with Crippen molar-refractivity contribution in [3.63, 3.8) is 0 Å². The first-order valence-electron chi connectivity index (χ1n) is 7.39. The van der Waals surface area contributed by atoms with Crippen molar-refractivity contribution >= 4 is 17.0 Å². The molecular weight excluding hydrogens is 297 g/mol. The van der Waals surface area contributed by atoms with Gasteiger partial charge in [0.2, 0.25) is 0 Å². The second kappa shape index (κ2) is 11.2. The molecule has 0 aromatic rings. The Balaban J connectivity index is 0. The van der Waals surface area contributed by atoms with E-state index in [1.54, 1.807) is 0 Å². The zero-order chi connectivity index (χ0) is 15.9. The van der Waals surface area contributed by atoms with Gasteiger partial charge in [0.15, 0.2) is 0 Å². The Hall–Kier alpha value is 0.580. The van der Waals surface area contributed by atoms with E-state index in [-0.39, 0.29) is 34.3 Å². The van der Waals surface area contributed by atoms with E-state index in [4.69, 9.17) is 9.90 Å². The Labute approximate surface area is 154 Å². The minimum Gasteiger partial charge on any atom is -0.550 e. The Bertz CT molecular complexity index is 319. The molecule has 6 heteroatoms. The molecule has 21 heavy (non-hydrogen) atoms. The van der Waals surface area contributed by atoms with Crippen LogP contribution in [0.1, 0.15) is 67.2 Å². The fourth-order valence-electron chi connectivity index (χ4n) is 2.23. The minimum absolute atomic E-state index is 0. The van der Waals surface area contributed by atoms with E-state index in [2.05, 4.69) is 18.6 Å². The van der Waals surface area contributed by atoms with E-state index in [1.807, 2.05) is 20.8 Å². The van der Waals surface area contributed by atoms with Gasteiger partial charge in [-0.3, -0.25) is 0 Å². The molecule has 0 aliphatic heterocycles. The summed E-state index contributed by atoms with van der Waals surface area (Å²) in [4.78, 5) is 8.89. The summed E-state index contributed by atoms with van der Waals surface area (Å²) in [5.74, 6) is 0.513. The SMILES string of the molecule is CC(=O)[O-].CC1CCC([C@H](C)NS(=O)C(C)(C)C)CC1.[Na+]. The van der Waals surface area contributed by atoms with E-state index in [0.29, 0.717) is 12.0 Å². The molecule has 4 nitrogen and oxygen atoms in total. The zero-order valence-corrected chi connectivity index (χ0v) is 17.5. The third-order valence-corrected chi connectivity index (χ3v) is 5.31. The number of nitrogens with one attached hydrogen (secondary N) is 1. The Kier molecular flexibility index (Phi) is 12.7. The number of carboxylic acids is 1. The third-order valence-electron chi connectivity index (χ3n) is 3.62. The molecule has 1 saturated carbocycles. The molecular formula is C15H30NNaO3S. The molecule has 1 N–H and O–H groups in total. The van der Waals surface area contributed by atoms with Crippen LogP contribution in [0.15, 0.2) is 0 Å². The maximum atomic E-state index is 12.0. The van der Waals surface area contributed by atoms with Crippen LogP contribution in [-0.2, 0) is 15.8 Å². The molecule has 2 atom stereocenters. The van der Waals surface area contributed by atoms with Gasteiger partial charge >= 0.3 is 29.6 Å². The molecule has 0 heterocycles. The zero-order valence-electron chi connectivity index (χ0n) is 14.7. The predicted octanol–water partition coefficient (Wildman–Crippen LogP) is -0.987. The number of rotatable bonds is 3. The fraction of sp³-hybridized carbons (Fsp3) is 0.933. The molecule has 0 saturated heterocycles. The molecule has 1 aliphatic rings. The van der Waals surface area contributed by atoms with Crippen molar-refractivity contribution in [2.24, 2.45) is 11.8 Å². The second-order valence-corrected chi connectivity index (χ2v) is 8.80. The Morgan fingerprint density at radius 3 is 1.95 bits per heavy atom. The number of carbonyl (C=O) groups is 1. The van der Waals surface area contributed by atoms with Crippen molar-refractivity contribution < 1.29 is 43.7 Å². The van der Waals surface area contributed by atoms with Crippen LogP contribution in [0.25, 0.3) is 0 Å². The van der Waals surface area contributed by atoms with E-state index < -0.39 is 17.0 Å². The van der Waals surface area contributed by atoms with Gasteiger partial charge in [0.25, 0.3) is 0 Å². The first kappa shape index (κ1) is 23.8. The topological polar surface area (TPSA) is 69.2 Å². The average Bonchev–Trinajstić information content (AvgIpc) is 2.27.